The van der Waals surface area contributed by atoms with Gasteiger partial charge in [0.25, 0.3) is 0 Å². The quantitative estimate of drug-likeness (QED) is 0.814. The van der Waals surface area contributed by atoms with Gasteiger partial charge >= 0.3 is 0 Å². The van der Waals surface area contributed by atoms with E-state index in [-0.39, 0.29) is 0 Å². The third-order valence-corrected chi connectivity index (χ3v) is 3.79. The molecule has 0 bridgehead atoms. The second kappa shape index (κ2) is 6.98. The van der Waals surface area contributed by atoms with Crippen LogP contribution in [0.3, 0.4) is 0 Å². The summed E-state index contributed by atoms with van der Waals surface area (Å²) in [6.45, 7) is 0.551. The highest BCUT2D eigenvalue weighted by Crippen LogP contribution is 2.37. The summed E-state index contributed by atoms with van der Waals surface area (Å²) in [6, 6.07) is 3.76. The van der Waals surface area contributed by atoms with E-state index >= 15 is 0 Å². The van der Waals surface area contributed by atoms with E-state index in [0.29, 0.717) is 29.2 Å². The van der Waals surface area contributed by atoms with Crippen molar-refractivity contribution < 1.29 is 14.3 Å². The maximum absolute atomic E-state index is 6.29. The zero-order chi connectivity index (χ0) is 13.7. The lowest BCUT2D eigenvalue weighted by molar-refractivity contribution is -0.0244. The van der Waals surface area contributed by atoms with Crippen molar-refractivity contribution in [2.24, 2.45) is 0 Å². The monoisotopic (exact) mass is 285 g/mol. The molecule has 0 saturated heterocycles. The standard InChI is InChI=1S/C14H20ClNO3/c1-17-12-8-7-10(13(15)14(12)18-2)9-16-19-11-5-3-4-6-11/h7-8,11,16H,3-6,9H2,1-2H3. The largest absolute Gasteiger partial charge is 0.493 e. The summed E-state index contributed by atoms with van der Waals surface area (Å²) < 4.78 is 10.5. The Balaban J connectivity index is 1.95. The van der Waals surface area contributed by atoms with E-state index in [1.54, 1.807) is 14.2 Å². The molecule has 4 nitrogen and oxygen atoms in total. The van der Waals surface area contributed by atoms with Crippen molar-refractivity contribution in [2.75, 3.05) is 14.2 Å². The number of ether oxygens (including phenoxy) is 2. The molecule has 5 heteroatoms. The third kappa shape index (κ3) is 3.53. The molecule has 1 aromatic rings. The fourth-order valence-corrected chi connectivity index (χ4v) is 2.61. The van der Waals surface area contributed by atoms with Crippen LogP contribution in [0.2, 0.25) is 5.02 Å². The number of hydrogen-bond acceptors (Lipinski definition) is 4. The number of hydroxylamine groups is 1. The number of benzene rings is 1. The molecule has 2 rings (SSSR count). The first-order chi connectivity index (χ1) is 9.26. The molecule has 1 aliphatic carbocycles. The Morgan fingerprint density at radius 1 is 1.21 bits per heavy atom. The highest BCUT2D eigenvalue weighted by Gasteiger charge is 2.16. The van der Waals surface area contributed by atoms with Crippen molar-refractivity contribution in [1.29, 1.82) is 0 Å². The number of rotatable bonds is 6. The molecule has 106 valence electrons. The minimum absolute atomic E-state index is 0.332. The lowest BCUT2D eigenvalue weighted by Gasteiger charge is -2.15. The molecule has 0 radical (unpaired) electrons. The summed E-state index contributed by atoms with van der Waals surface area (Å²) in [5.41, 5.74) is 3.92. The second-order valence-corrected chi connectivity index (χ2v) is 5.00. The molecule has 0 aromatic heterocycles. The fraction of sp³-hybridized carbons (Fsp3) is 0.571. The van der Waals surface area contributed by atoms with Gasteiger partial charge in [0.05, 0.1) is 25.3 Å². The van der Waals surface area contributed by atoms with Crippen molar-refractivity contribution in [1.82, 2.24) is 5.48 Å². The van der Waals surface area contributed by atoms with Gasteiger partial charge in [0, 0.05) is 6.54 Å². The average molecular weight is 286 g/mol. The van der Waals surface area contributed by atoms with E-state index in [1.807, 2.05) is 12.1 Å². The predicted octanol–water partition coefficient (Wildman–Crippen LogP) is 3.32. The van der Waals surface area contributed by atoms with Gasteiger partial charge in [-0.1, -0.05) is 30.5 Å². The lowest BCUT2D eigenvalue weighted by Crippen LogP contribution is -2.21. The van der Waals surface area contributed by atoms with Crippen molar-refractivity contribution in [3.63, 3.8) is 0 Å². The minimum atomic E-state index is 0.332. The molecule has 19 heavy (non-hydrogen) atoms. The molecule has 0 atom stereocenters. The van der Waals surface area contributed by atoms with Crippen LogP contribution in [-0.2, 0) is 11.4 Å². The Hall–Kier alpha value is -0.970. The number of nitrogens with one attached hydrogen (secondary N) is 1. The summed E-state index contributed by atoms with van der Waals surface area (Å²) in [4.78, 5) is 5.61. The van der Waals surface area contributed by atoms with Crippen LogP contribution in [0.1, 0.15) is 31.2 Å². The predicted molar refractivity (Wildman–Crippen MR) is 74.7 cm³/mol. The summed E-state index contributed by atoms with van der Waals surface area (Å²) in [7, 11) is 3.17. The zero-order valence-corrected chi connectivity index (χ0v) is 12.1. The minimum Gasteiger partial charge on any atom is -0.493 e. The van der Waals surface area contributed by atoms with Gasteiger partial charge in [-0.25, -0.2) is 0 Å². The molecule has 1 saturated carbocycles. The van der Waals surface area contributed by atoms with Gasteiger partial charge in [-0.2, -0.15) is 5.48 Å². The molecule has 0 aliphatic heterocycles. The Kier molecular flexibility index (Phi) is 5.31. The Morgan fingerprint density at radius 2 is 1.95 bits per heavy atom. The molecular formula is C14H20ClNO3. The van der Waals surface area contributed by atoms with Crippen LogP contribution in [0.4, 0.5) is 0 Å². The second-order valence-electron chi connectivity index (χ2n) is 4.62. The van der Waals surface area contributed by atoms with Crippen LogP contribution in [0.5, 0.6) is 11.5 Å². The van der Waals surface area contributed by atoms with E-state index in [2.05, 4.69) is 5.48 Å². The van der Waals surface area contributed by atoms with E-state index < -0.39 is 0 Å². The molecule has 1 aromatic carbocycles. The first-order valence-corrected chi connectivity index (χ1v) is 6.92. The fourth-order valence-electron chi connectivity index (χ4n) is 2.31. The smallest absolute Gasteiger partial charge is 0.179 e. The van der Waals surface area contributed by atoms with Gasteiger partial charge in [0.15, 0.2) is 11.5 Å². The molecule has 0 heterocycles. The average Bonchev–Trinajstić information content (AvgIpc) is 2.93. The van der Waals surface area contributed by atoms with Crippen molar-refractivity contribution >= 4 is 11.6 Å². The molecule has 1 aliphatic rings. The van der Waals surface area contributed by atoms with E-state index in [0.717, 1.165) is 18.4 Å². The third-order valence-electron chi connectivity index (χ3n) is 3.38. The van der Waals surface area contributed by atoms with E-state index in [9.17, 15) is 0 Å². The molecule has 0 amide bonds. The Bertz CT molecular complexity index is 419. The normalized spacial score (nSPS) is 15.7. The van der Waals surface area contributed by atoms with Crippen LogP contribution >= 0.6 is 11.6 Å². The molecular weight excluding hydrogens is 266 g/mol. The summed E-state index contributed by atoms with van der Waals surface area (Å²) in [6.07, 6.45) is 5.10. The van der Waals surface area contributed by atoms with Crippen molar-refractivity contribution in [3.05, 3.63) is 22.7 Å². The van der Waals surface area contributed by atoms with Gasteiger partial charge in [-0.3, -0.25) is 4.84 Å². The Morgan fingerprint density at radius 3 is 2.58 bits per heavy atom. The number of halogens is 1. The van der Waals surface area contributed by atoms with Gasteiger partial charge < -0.3 is 9.47 Å². The topological polar surface area (TPSA) is 39.7 Å². The summed E-state index contributed by atoms with van der Waals surface area (Å²) in [5.74, 6) is 1.19. The van der Waals surface area contributed by atoms with Crippen LogP contribution in [-0.4, -0.2) is 20.3 Å². The van der Waals surface area contributed by atoms with Crippen LogP contribution in [0, 0.1) is 0 Å². The highest BCUT2D eigenvalue weighted by atomic mass is 35.5. The van der Waals surface area contributed by atoms with E-state index in [1.165, 1.54) is 12.8 Å². The molecule has 0 unspecified atom stereocenters. The summed E-state index contributed by atoms with van der Waals surface area (Å²) >= 11 is 6.29. The van der Waals surface area contributed by atoms with Gasteiger partial charge in [-0.15, -0.1) is 0 Å². The first-order valence-electron chi connectivity index (χ1n) is 6.54. The van der Waals surface area contributed by atoms with Gasteiger partial charge in [0.1, 0.15) is 0 Å². The SMILES string of the molecule is COc1ccc(CNOC2CCCC2)c(Cl)c1OC. The van der Waals surface area contributed by atoms with Crippen LogP contribution in [0.15, 0.2) is 12.1 Å². The zero-order valence-electron chi connectivity index (χ0n) is 11.4. The highest BCUT2D eigenvalue weighted by molar-refractivity contribution is 6.33. The lowest BCUT2D eigenvalue weighted by atomic mass is 10.2. The van der Waals surface area contributed by atoms with Crippen LogP contribution in [0.25, 0.3) is 0 Å². The molecule has 1 N–H and O–H groups in total. The van der Waals surface area contributed by atoms with Crippen molar-refractivity contribution in [2.45, 2.75) is 38.3 Å². The van der Waals surface area contributed by atoms with Gasteiger partial charge in [0.2, 0.25) is 0 Å². The van der Waals surface area contributed by atoms with Crippen molar-refractivity contribution in [3.8, 4) is 11.5 Å². The number of hydrogen-bond donors (Lipinski definition) is 1. The Labute approximate surface area is 118 Å². The maximum atomic E-state index is 6.29. The van der Waals surface area contributed by atoms with Crippen LogP contribution < -0.4 is 15.0 Å². The molecule has 0 spiro atoms. The van der Waals surface area contributed by atoms with E-state index in [4.69, 9.17) is 25.9 Å². The first kappa shape index (κ1) is 14.4. The molecule has 1 fully saturated rings. The van der Waals surface area contributed by atoms with Gasteiger partial charge in [-0.05, 0) is 24.5 Å². The summed E-state index contributed by atoms with van der Waals surface area (Å²) in [5, 5.41) is 0.560. The maximum Gasteiger partial charge on any atom is 0.179 e. The number of methoxy groups -OCH3 is 2.